The zero-order valence-corrected chi connectivity index (χ0v) is 10.9. The van der Waals surface area contributed by atoms with E-state index < -0.39 is 0 Å². The Morgan fingerprint density at radius 1 is 1.20 bits per heavy atom. The van der Waals surface area contributed by atoms with Crippen LogP contribution < -0.4 is 5.32 Å². The third-order valence-corrected chi connectivity index (χ3v) is 2.46. The zero-order chi connectivity index (χ0) is 11.9. The maximum absolute atomic E-state index is 11.5. The molecule has 0 spiro atoms. The van der Waals surface area contributed by atoms with Crippen molar-refractivity contribution < 1.29 is 4.79 Å². The standard InChI is InChI=1S/C12H26N2O/c1-6-14(7-2)10-11(15)13-9-8-12(3,4)5/h6-10H2,1-5H3,(H,13,15). The predicted octanol–water partition coefficient (Wildman–Crippen LogP) is 1.88. The fourth-order valence-electron chi connectivity index (χ4n) is 1.28. The van der Waals surface area contributed by atoms with Crippen molar-refractivity contribution in [3.05, 3.63) is 0 Å². The van der Waals surface area contributed by atoms with Gasteiger partial charge in [-0.05, 0) is 24.9 Å². The number of hydrogen-bond donors (Lipinski definition) is 1. The first-order valence-electron chi connectivity index (χ1n) is 5.88. The van der Waals surface area contributed by atoms with Gasteiger partial charge in [-0.2, -0.15) is 0 Å². The largest absolute Gasteiger partial charge is 0.355 e. The van der Waals surface area contributed by atoms with E-state index in [0.29, 0.717) is 12.0 Å². The fraction of sp³-hybridized carbons (Fsp3) is 0.917. The number of carbonyl (C=O) groups is 1. The molecular weight excluding hydrogens is 188 g/mol. The molecule has 0 unspecified atom stereocenters. The number of nitrogens with one attached hydrogen (secondary N) is 1. The average molecular weight is 214 g/mol. The lowest BCUT2D eigenvalue weighted by atomic mass is 9.92. The molecule has 0 aliphatic heterocycles. The highest BCUT2D eigenvalue weighted by Gasteiger charge is 2.11. The summed E-state index contributed by atoms with van der Waals surface area (Å²) in [5.74, 6) is 0.142. The molecular formula is C12H26N2O. The second-order valence-electron chi connectivity index (χ2n) is 5.12. The van der Waals surface area contributed by atoms with Gasteiger partial charge in [-0.1, -0.05) is 34.6 Å². The fourth-order valence-corrected chi connectivity index (χ4v) is 1.28. The van der Waals surface area contributed by atoms with Crippen LogP contribution in [-0.2, 0) is 4.79 Å². The Morgan fingerprint density at radius 2 is 1.73 bits per heavy atom. The number of rotatable bonds is 6. The first kappa shape index (κ1) is 14.4. The molecule has 1 N–H and O–H groups in total. The summed E-state index contributed by atoms with van der Waals surface area (Å²) in [5, 5.41) is 2.96. The van der Waals surface area contributed by atoms with Crippen molar-refractivity contribution in [2.75, 3.05) is 26.2 Å². The molecule has 90 valence electrons. The molecule has 0 rings (SSSR count). The minimum absolute atomic E-state index is 0.142. The Labute approximate surface area is 94.2 Å². The van der Waals surface area contributed by atoms with Gasteiger partial charge in [-0.25, -0.2) is 0 Å². The van der Waals surface area contributed by atoms with E-state index in [1.54, 1.807) is 0 Å². The Kier molecular flexibility index (Phi) is 6.57. The number of amides is 1. The van der Waals surface area contributed by atoms with Gasteiger partial charge >= 0.3 is 0 Å². The summed E-state index contributed by atoms with van der Waals surface area (Å²) in [6.45, 7) is 13.9. The van der Waals surface area contributed by atoms with E-state index in [9.17, 15) is 4.79 Å². The van der Waals surface area contributed by atoms with Gasteiger partial charge in [0.2, 0.25) is 5.91 Å². The summed E-state index contributed by atoms with van der Waals surface area (Å²) in [6.07, 6.45) is 1.02. The Balaban J connectivity index is 3.66. The van der Waals surface area contributed by atoms with Crippen molar-refractivity contribution in [3.8, 4) is 0 Å². The van der Waals surface area contributed by atoms with Gasteiger partial charge in [-0.15, -0.1) is 0 Å². The van der Waals surface area contributed by atoms with Crippen LogP contribution in [0.4, 0.5) is 0 Å². The molecule has 0 aromatic heterocycles. The lowest BCUT2D eigenvalue weighted by Gasteiger charge is -2.20. The summed E-state index contributed by atoms with van der Waals surface area (Å²) < 4.78 is 0. The SMILES string of the molecule is CCN(CC)CC(=O)NCCC(C)(C)C. The van der Waals surface area contributed by atoms with Crippen LogP contribution >= 0.6 is 0 Å². The van der Waals surface area contributed by atoms with Gasteiger partial charge in [0.15, 0.2) is 0 Å². The third kappa shape index (κ3) is 8.43. The van der Waals surface area contributed by atoms with Crippen LogP contribution in [-0.4, -0.2) is 37.0 Å². The van der Waals surface area contributed by atoms with Crippen molar-refractivity contribution in [2.24, 2.45) is 5.41 Å². The quantitative estimate of drug-likeness (QED) is 0.732. The van der Waals surface area contributed by atoms with E-state index in [0.717, 1.165) is 26.1 Å². The summed E-state index contributed by atoms with van der Waals surface area (Å²) in [7, 11) is 0. The van der Waals surface area contributed by atoms with E-state index in [4.69, 9.17) is 0 Å². The van der Waals surface area contributed by atoms with Crippen molar-refractivity contribution >= 4 is 5.91 Å². The number of carbonyl (C=O) groups excluding carboxylic acids is 1. The third-order valence-electron chi connectivity index (χ3n) is 2.46. The summed E-state index contributed by atoms with van der Waals surface area (Å²) >= 11 is 0. The molecule has 0 saturated carbocycles. The highest BCUT2D eigenvalue weighted by Crippen LogP contribution is 2.16. The normalized spacial score (nSPS) is 11.9. The molecule has 0 radical (unpaired) electrons. The molecule has 15 heavy (non-hydrogen) atoms. The van der Waals surface area contributed by atoms with E-state index in [-0.39, 0.29) is 5.91 Å². The molecule has 0 heterocycles. The second kappa shape index (κ2) is 6.83. The van der Waals surface area contributed by atoms with Gasteiger partial charge in [0, 0.05) is 6.54 Å². The van der Waals surface area contributed by atoms with Crippen LogP contribution in [0.15, 0.2) is 0 Å². The highest BCUT2D eigenvalue weighted by molar-refractivity contribution is 5.77. The molecule has 0 saturated heterocycles. The van der Waals surface area contributed by atoms with Crippen LogP contribution in [0.25, 0.3) is 0 Å². The van der Waals surface area contributed by atoms with Crippen molar-refractivity contribution in [1.82, 2.24) is 10.2 Å². The van der Waals surface area contributed by atoms with E-state index in [2.05, 4.69) is 44.8 Å². The van der Waals surface area contributed by atoms with Gasteiger partial charge < -0.3 is 5.32 Å². The van der Waals surface area contributed by atoms with Gasteiger partial charge in [0.05, 0.1) is 6.54 Å². The Bertz CT molecular complexity index is 181. The van der Waals surface area contributed by atoms with Crippen molar-refractivity contribution in [1.29, 1.82) is 0 Å². The van der Waals surface area contributed by atoms with Crippen molar-refractivity contribution in [3.63, 3.8) is 0 Å². The Morgan fingerprint density at radius 3 is 2.13 bits per heavy atom. The second-order valence-corrected chi connectivity index (χ2v) is 5.12. The zero-order valence-electron chi connectivity index (χ0n) is 10.9. The van der Waals surface area contributed by atoms with Gasteiger partial charge in [0.25, 0.3) is 0 Å². The smallest absolute Gasteiger partial charge is 0.234 e. The molecule has 0 aliphatic rings. The molecule has 0 atom stereocenters. The topological polar surface area (TPSA) is 32.3 Å². The monoisotopic (exact) mass is 214 g/mol. The van der Waals surface area contributed by atoms with Crippen LogP contribution in [0.5, 0.6) is 0 Å². The number of nitrogens with zero attached hydrogens (tertiary/aromatic N) is 1. The molecule has 3 heteroatoms. The molecule has 0 bridgehead atoms. The van der Waals surface area contributed by atoms with E-state index in [1.807, 2.05) is 0 Å². The maximum Gasteiger partial charge on any atom is 0.234 e. The van der Waals surface area contributed by atoms with Crippen LogP contribution in [0, 0.1) is 5.41 Å². The lowest BCUT2D eigenvalue weighted by Crippen LogP contribution is -2.38. The highest BCUT2D eigenvalue weighted by atomic mass is 16.2. The first-order chi connectivity index (χ1) is 6.89. The van der Waals surface area contributed by atoms with E-state index in [1.165, 1.54) is 0 Å². The van der Waals surface area contributed by atoms with Crippen LogP contribution in [0.3, 0.4) is 0 Å². The van der Waals surface area contributed by atoms with Crippen LogP contribution in [0.2, 0.25) is 0 Å². The number of likely N-dealkylation sites (N-methyl/N-ethyl adjacent to an activating group) is 1. The molecule has 0 aromatic rings. The molecule has 3 nitrogen and oxygen atoms in total. The summed E-state index contributed by atoms with van der Waals surface area (Å²) in [5.41, 5.74) is 0.294. The molecule has 1 amide bonds. The van der Waals surface area contributed by atoms with Crippen molar-refractivity contribution in [2.45, 2.75) is 41.0 Å². The minimum Gasteiger partial charge on any atom is -0.355 e. The first-order valence-corrected chi connectivity index (χ1v) is 5.88. The molecule has 0 aliphatic carbocycles. The van der Waals surface area contributed by atoms with Gasteiger partial charge in [0.1, 0.15) is 0 Å². The predicted molar refractivity (Wildman–Crippen MR) is 64.9 cm³/mol. The molecule has 0 fully saturated rings. The van der Waals surface area contributed by atoms with Crippen LogP contribution in [0.1, 0.15) is 41.0 Å². The van der Waals surface area contributed by atoms with E-state index >= 15 is 0 Å². The summed E-state index contributed by atoms with van der Waals surface area (Å²) in [6, 6.07) is 0. The average Bonchev–Trinajstić information content (AvgIpc) is 2.12. The number of hydrogen-bond acceptors (Lipinski definition) is 2. The lowest BCUT2D eigenvalue weighted by molar-refractivity contribution is -0.122. The minimum atomic E-state index is 0.142. The summed E-state index contributed by atoms with van der Waals surface area (Å²) in [4.78, 5) is 13.6. The van der Waals surface area contributed by atoms with Gasteiger partial charge in [-0.3, -0.25) is 9.69 Å². The maximum atomic E-state index is 11.5. The Hall–Kier alpha value is -0.570. The molecule has 0 aromatic carbocycles.